The van der Waals surface area contributed by atoms with Gasteiger partial charge in [0, 0.05) is 24.4 Å². The Bertz CT molecular complexity index is 296. The van der Waals surface area contributed by atoms with Crippen molar-refractivity contribution in [2.45, 2.75) is 39.7 Å². The van der Waals surface area contributed by atoms with E-state index in [9.17, 15) is 0 Å². The van der Waals surface area contributed by atoms with Crippen molar-refractivity contribution in [3.8, 4) is 0 Å². The summed E-state index contributed by atoms with van der Waals surface area (Å²) in [7, 11) is 2.04. The van der Waals surface area contributed by atoms with E-state index < -0.39 is 0 Å². The summed E-state index contributed by atoms with van der Waals surface area (Å²) in [4.78, 5) is 4.44. The molecule has 0 bridgehead atoms. The number of nitrogens with zero attached hydrogens (tertiary/aromatic N) is 1. The van der Waals surface area contributed by atoms with Gasteiger partial charge in [-0.2, -0.15) is 0 Å². The van der Waals surface area contributed by atoms with Gasteiger partial charge in [0.1, 0.15) is 0 Å². The molecular formula is C13H22N2. The lowest BCUT2D eigenvalue weighted by Crippen LogP contribution is -2.34. The molecule has 0 spiro atoms. The topological polar surface area (TPSA) is 24.9 Å². The first-order valence-electron chi connectivity index (χ1n) is 5.76. The summed E-state index contributed by atoms with van der Waals surface area (Å²) in [5.74, 6) is 0.691. The normalized spacial score (nSPS) is 14.9. The van der Waals surface area contributed by atoms with Crippen LogP contribution in [0, 0.1) is 12.8 Å². The third-order valence-corrected chi connectivity index (χ3v) is 3.23. The predicted octanol–water partition coefficient (Wildman–Crippen LogP) is 2.57. The molecule has 15 heavy (non-hydrogen) atoms. The highest BCUT2D eigenvalue weighted by molar-refractivity contribution is 5.18. The van der Waals surface area contributed by atoms with Crippen LogP contribution in [0.3, 0.4) is 0 Å². The number of aromatic nitrogens is 1. The number of rotatable bonds is 5. The molecule has 0 saturated heterocycles. The third-order valence-electron chi connectivity index (χ3n) is 3.23. The first-order valence-corrected chi connectivity index (χ1v) is 5.76. The lowest BCUT2D eigenvalue weighted by atomic mass is 9.94. The number of hydrogen-bond donors (Lipinski definition) is 1. The Kier molecular flexibility index (Phi) is 4.76. The van der Waals surface area contributed by atoms with Gasteiger partial charge < -0.3 is 5.32 Å². The summed E-state index contributed by atoms with van der Waals surface area (Å²) < 4.78 is 0. The SMILES string of the molecule is CCC(C)C(Cc1ncccc1C)NC. The van der Waals surface area contributed by atoms with Crippen molar-refractivity contribution in [1.82, 2.24) is 10.3 Å². The molecule has 1 N–H and O–H groups in total. The van der Waals surface area contributed by atoms with E-state index in [0.29, 0.717) is 12.0 Å². The van der Waals surface area contributed by atoms with Crippen LogP contribution in [-0.4, -0.2) is 18.1 Å². The minimum Gasteiger partial charge on any atom is -0.316 e. The summed E-state index contributed by atoms with van der Waals surface area (Å²) in [5, 5.41) is 3.39. The number of aryl methyl sites for hydroxylation is 1. The zero-order valence-corrected chi connectivity index (χ0v) is 10.2. The average molecular weight is 206 g/mol. The highest BCUT2D eigenvalue weighted by Gasteiger charge is 2.15. The molecule has 2 nitrogen and oxygen atoms in total. The molecule has 0 aromatic carbocycles. The Hall–Kier alpha value is -0.890. The molecule has 0 saturated carbocycles. The Morgan fingerprint density at radius 1 is 1.47 bits per heavy atom. The van der Waals surface area contributed by atoms with Gasteiger partial charge in [-0.1, -0.05) is 26.3 Å². The number of pyridine rings is 1. The summed E-state index contributed by atoms with van der Waals surface area (Å²) in [5.41, 5.74) is 2.51. The van der Waals surface area contributed by atoms with Crippen LogP contribution in [0.2, 0.25) is 0 Å². The molecule has 0 aliphatic carbocycles. The van der Waals surface area contributed by atoms with E-state index in [1.54, 1.807) is 0 Å². The van der Waals surface area contributed by atoms with Crippen LogP contribution in [0.15, 0.2) is 18.3 Å². The van der Waals surface area contributed by atoms with Gasteiger partial charge in [-0.15, -0.1) is 0 Å². The monoisotopic (exact) mass is 206 g/mol. The Labute approximate surface area is 93.1 Å². The van der Waals surface area contributed by atoms with Crippen LogP contribution < -0.4 is 5.32 Å². The summed E-state index contributed by atoms with van der Waals surface area (Å²) in [6.45, 7) is 6.66. The molecule has 2 unspecified atom stereocenters. The minimum absolute atomic E-state index is 0.531. The maximum atomic E-state index is 4.44. The molecule has 0 amide bonds. The molecule has 1 aromatic heterocycles. The van der Waals surface area contributed by atoms with E-state index in [1.807, 2.05) is 19.3 Å². The molecule has 2 heteroatoms. The first-order chi connectivity index (χ1) is 7.19. The highest BCUT2D eigenvalue weighted by atomic mass is 14.9. The summed E-state index contributed by atoms with van der Waals surface area (Å²) >= 11 is 0. The number of likely N-dealkylation sites (N-methyl/N-ethyl adjacent to an activating group) is 1. The van der Waals surface area contributed by atoms with Crippen LogP contribution in [0.4, 0.5) is 0 Å². The van der Waals surface area contributed by atoms with Gasteiger partial charge in [-0.25, -0.2) is 0 Å². The van der Waals surface area contributed by atoms with Crippen molar-refractivity contribution in [3.05, 3.63) is 29.6 Å². The van der Waals surface area contributed by atoms with Gasteiger partial charge in [0.15, 0.2) is 0 Å². The molecular weight excluding hydrogens is 184 g/mol. The molecule has 2 atom stereocenters. The Morgan fingerprint density at radius 3 is 2.73 bits per heavy atom. The van der Waals surface area contributed by atoms with Crippen molar-refractivity contribution in [1.29, 1.82) is 0 Å². The first kappa shape index (κ1) is 12.2. The molecule has 1 rings (SSSR count). The fourth-order valence-corrected chi connectivity index (χ4v) is 1.81. The Morgan fingerprint density at radius 2 is 2.20 bits per heavy atom. The molecule has 0 fully saturated rings. The van der Waals surface area contributed by atoms with Gasteiger partial charge in [0.05, 0.1) is 0 Å². The summed E-state index contributed by atoms with van der Waals surface area (Å²) in [6, 6.07) is 4.66. The van der Waals surface area contributed by atoms with Gasteiger partial charge in [-0.05, 0) is 31.5 Å². The third kappa shape index (κ3) is 3.31. The van der Waals surface area contributed by atoms with Crippen LogP contribution >= 0.6 is 0 Å². The minimum atomic E-state index is 0.531. The second kappa shape index (κ2) is 5.86. The fraction of sp³-hybridized carbons (Fsp3) is 0.615. The van der Waals surface area contributed by atoms with E-state index in [0.717, 1.165) is 6.42 Å². The van der Waals surface area contributed by atoms with Crippen LogP contribution in [0.25, 0.3) is 0 Å². The van der Waals surface area contributed by atoms with E-state index in [2.05, 4.69) is 37.1 Å². The smallest absolute Gasteiger partial charge is 0.0448 e. The van der Waals surface area contributed by atoms with E-state index in [1.165, 1.54) is 17.7 Å². The van der Waals surface area contributed by atoms with Crippen LogP contribution in [-0.2, 0) is 6.42 Å². The standard InChI is InChI=1S/C13H22N2/c1-5-10(2)12(14-4)9-13-11(3)7-6-8-15-13/h6-8,10,12,14H,5,9H2,1-4H3. The Balaban J connectivity index is 2.71. The van der Waals surface area contributed by atoms with Gasteiger partial charge in [-0.3, -0.25) is 4.98 Å². The largest absolute Gasteiger partial charge is 0.316 e. The highest BCUT2D eigenvalue weighted by Crippen LogP contribution is 2.14. The van der Waals surface area contributed by atoms with Crippen molar-refractivity contribution >= 4 is 0 Å². The lowest BCUT2D eigenvalue weighted by Gasteiger charge is -2.22. The van der Waals surface area contributed by atoms with E-state index >= 15 is 0 Å². The lowest BCUT2D eigenvalue weighted by molar-refractivity contribution is 0.383. The van der Waals surface area contributed by atoms with Crippen molar-refractivity contribution < 1.29 is 0 Å². The molecule has 0 aliphatic heterocycles. The van der Waals surface area contributed by atoms with Crippen LogP contribution in [0.5, 0.6) is 0 Å². The van der Waals surface area contributed by atoms with Gasteiger partial charge in [0.2, 0.25) is 0 Å². The fourth-order valence-electron chi connectivity index (χ4n) is 1.81. The van der Waals surface area contributed by atoms with Crippen molar-refractivity contribution in [2.24, 2.45) is 5.92 Å². The maximum Gasteiger partial charge on any atom is 0.0448 e. The van der Waals surface area contributed by atoms with Gasteiger partial charge in [0.25, 0.3) is 0 Å². The van der Waals surface area contributed by atoms with E-state index in [-0.39, 0.29) is 0 Å². The summed E-state index contributed by atoms with van der Waals surface area (Å²) in [6.07, 6.45) is 4.11. The quantitative estimate of drug-likeness (QED) is 0.801. The van der Waals surface area contributed by atoms with Gasteiger partial charge >= 0.3 is 0 Å². The zero-order chi connectivity index (χ0) is 11.3. The second-order valence-electron chi connectivity index (χ2n) is 4.25. The van der Waals surface area contributed by atoms with Crippen LogP contribution in [0.1, 0.15) is 31.5 Å². The molecule has 0 aliphatic rings. The zero-order valence-electron chi connectivity index (χ0n) is 10.2. The number of nitrogens with one attached hydrogen (secondary N) is 1. The number of hydrogen-bond acceptors (Lipinski definition) is 2. The molecule has 1 heterocycles. The van der Waals surface area contributed by atoms with Crippen molar-refractivity contribution in [2.75, 3.05) is 7.05 Å². The molecule has 1 aromatic rings. The molecule has 0 radical (unpaired) electrons. The maximum absolute atomic E-state index is 4.44. The average Bonchev–Trinajstić information content (AvgIpc) is 2.27. The molecule has 84 valence electrons. The predicted molar refractivity (Wildman–Crippen MR) is 65.0 cm³/mol. The van der Waals surface area contributed by atoms with Crippen molar-refractivity contribution in [3.63, 3.8) is 0 Å². The second-order valence-corrected chi connectivity index (χ2v) is 4.25. The van der Waals surface area contributed by atoms with E-state index in [4.69, 9.17) is 0 Å².